The first-order chi connectivity index (χ1) is 12.3. The summed E-state index contributed by atoms with van der Waals surface area (Å²) in [5, 5.41) is 38.3. The Morgan fingerprint density at radius 3 is 1.85 bits per heavy atom. The third-order valence-corrected chi connectivity index (χ3v) is 3.40. The SMILES string of the molecule is CCC(=O)ONC(=O)C=C(c1ccc(O)c(O)c1)c1ccc(O)c(O)c1. The molecular formula is C18H17NO7. The Bertz CT molecular complexity index is 820. The van der Waals surface area contributed by atoms with Gasteiger partial charge in [-0.2, -0.15) is 5.48 Å². The van der Waals surface area contributed by atoms with Crippen LogP contribution < -0.4 is 5.48 Å². The molecular weight excluding hydrogens is 342 g/mol. The zero-order valence-corrected chi connectivity index (χ0v) is 13.8. The number of hydrogen-bond donors (Lipinski definition) is 5. The summed E-state index contributed by atoms with van der Waals surface area (Å²) >= 11 is 0. The van der Waals surface area contributed by atoms with Crippen LogP contribution in [0.2, 0.25) is 0 Å². The summed E-state index contributed by atoms with van der Waals surface area (Å²) < 4.78 is 0. The monoisotopic (exact) mass is 359 g/mol. The first kappa shape index (κ1) is 18.7. The van der Waals surface area contributed by atoms with Gasteiger partial charge in [-0.25, -0.2) is 4.79 Å². The Hall–Kier alpha value is -3.68. The van der Waals surface area contributed by atoms with E-state index in [0.717, 1.165) is 6.08 Å². The molecule has 0 aliphatic heterocycles. The second-order valence-electron chi connectivity index (χ2n) is 5.26. The fourth-order valence-electron chi connectivity index (χ4n) is 2.06. The fourth-order valence-corrected chi connectivity index (χ4v) is 2.06. The van der Waals surface area contributed by atoms with Crippen molar-refractivity contribution in [3.05, 3.63) is 53.6 Å². The fraction of sp³-hybridized carbons (Fsp3) is 0.111. The molecule has 2 rings (SSSR count). The van der Waals surface area contributed by atoms with E-state index in [0.29, 0.717) is 11.1 Å². The van der Waals surface area contributed by atoms with Gasteiger partial charge in [-0.1, -0.05) is 19.1 Å². The largest absolute Gasteiger partial charge is 0.504 e. The van der Waals surface area contributed by atoms with Crippen molar-refractivity contribution in [3.63, 3.8) is 0 Å². The Kier molecular flexibility index (Phi) is 5.69. The number of aromatic hydroxyl groups is 4. The highest BCUT2D eigenvalue weighted by Crippen LogP contribution is 2.34. The number of carbonyl (C=O) groups is 2. The second kappa shape index (κ2) is 7.93. The molecule has 2 aromatic rings. The molecule has 0 aliphatic rings. The molecule has 0 aliphatic carbocycles. The predicted molar refractivity (Wildman–Crippen MR) is 91.1 cm³/mol. The van der Waals surface area contributed by atoms with Crippen molar-refractivity contribution < 1.29 is 34.9 Å². The quantitative estimate of drug-likeness (QED) is 0.319. The van der Waals surface area contributed by atoms with Gasteiger partial charge in [-0.05, 0) is 41.0 Å². The number of carbonyl (C=O) groups excluding carboxylic acids is 2. The zero-order valence-electron chi connectivity index (χ0n) is 13.8. The highest BCUT2D eigenvalue weighted by molar-refractivity contribution is 5.99. The number of phenols is 4. The summed E-state index contributed by atoms with van der Waals surface area (Å²) in [4.78, 5) is 27.7. The van der Waals surface area contributed by atoms with Crippen molar-refractivity contribution >= 4 is 17.4 Å². The Balaban J connectivity index is 2.45. The van der Waals surface area contributed by atoms with Gasteiger partial charge in [0, 0.05) is 12.5 Å². The molecule has 0 atom stereocenters. The third kappa shape index (κ3) is 4.44. The molecule has 0 fully saturated rings. The normalized spacial score (nSPS) is 10.0. The summed E-state index contributed by atoms with van der Waals surface area (Å²) in [5.74, 6) is -2.89. The van der Waals surface area contributed by atoms with Crippen molar-refractivity contribution in [3.8, 4) is 23.0 Å². The molecule has 0 bridgehead atoms. The lowest BCUT2D eigenvalue weighted by Gasteiger charge is -2.11. The number of rotatable bonds is 4. The highest BCUT2D eigenvalue weighted by atomic mass is 16.7. The van der Waals surface area contributed by atoms with E-state index in [2.05, 4.69) is 4.84 Å². The predicted octanol–water partition coefficient (Wildman–Crippen LogP) is 1.93. The smallest absolute Gasteiger partial charge is 0.331 e. The van der Waals surface area contributed by atoms with E-state index < -0.39 is 23.4 Å². The van der Waals surface area contributed by atoms with Crippen molar-refractivity contribution in [2.45, 2.75) is 13.3 Å². The standard InChI is InChI=1S/C18H17NO7/c1-2-18(25)26-19-17(24)9-12(10-3-5-13(20)15(22)7-10)11-4-6-14(21)16(23)8-11/h3-9,20-23H,2H2,1H3,(H,19,24). The van der Waals surface area contributed by atoms with Crippen LogP contribution in [-0.4, -0.2) is 32.3 Å². The summed E-state index contributed by atoms with van der Waals surface area (Å²) in [6.07, 6.45) is 1.16. The molecule has 8 nitrogen and oxygen atoms in total. The van der Waals surface area contributed by atoms with Crippen LogP contribution in [-0.2, 0) is 14.4 Å². The molecule has 0 unspecified atom stereocenters. The van der Waals surface area contributed by atoms with Crippen LogP contribution in [0.4, 0.5) is 0 Å². The third-order valence-electron chi connectivity index (χ3n) is 3.40. The van der Waals surface area contributed by atoms with Crippen LogP contribution >= 0.6 is 0 Å². The number of hydrogen-bond acceptors (Lipinski definition) is 7. The minimum atomic E-state index is -0.762. The van der Waals surface area contributed by atoms with Crippen molar-refractivity contribution in [2.75, 3.05) is 0 Å². The summed E-state index contributed by atoms with van der Waals surface area (Å²) in [7, 11) is 0. The van der Waals surface area contributed by atoms with Crippen molar-refractivity contribution in [1.29, 1.82) is 0 Å². The summed E-state index contributed by atoms with van der Waals surface area (Å²) in [6, 6.07) is 7.78. The Morgan fingerprint density at radius 1 is 0.923 bits per heavy atom. The average molecular weight is 359 g/mol. The van der Waals surface area contributed by atoms with Crippen LogP contribution in [0, 0.1) is 0 Å². The molecule has 26 heavy (non-hydrogen) atoms. The zero-order chi connectivity index (χ0) is 19.3. The Morgan fingerprint density at radius 2 is 1.42 bits per heavy atom. The molecule has 1 amide bonds. The number of hydroxylamine groups is 1. The van der Waals surface area contributed by atoms with E-state index in [9.17, 15) is 30.0 Å². The maximum atomic E-state index is 12.0. The minimum absolute atomic E-state index is 0.0779. The number of nitrogens with one attached hydrogen (secondary N) is 1. The van der Waals surface area contributed by atoms with Gasteiger partial charge in [-0.15, -0.1) is 0 Å². The molecule has 5 N–H and O–H groups in total. The van der Waals surface area contributed by atoms with E-state index in [1.54, 1.807) is 6.92 Å². The van der Waals surface area contributed by atoms with Crippen LogP contribution in [0.1, 0.15) is 24.5 Å². The lowest BCUT2D eigenvalue weighted by atomic mass is 9.96. The molecule has 0 heterocycles. The van der Waals surface area contributed by atoms with Gasteiger partial charge in [0.25, 0.3) is 5.91 Å². The van der Waals surface area contributed by atoms with E-state index in [4.69, 9.17) is 0 Å². The van der Waals surface area contributed by atoms with Gasteiger partial charge in [0.15, 0.2) is 23.0 Å². The molecule has 0 spiro atoms. The van der Waals surface area contributed by atoms with Gasteiger partial charge < -0.3 is 25.3 Å². The highest BCUT2D eigenvalue weighted by Gasteiger charge is 2.13. The van der Waals surface area contributed by atoms with Gasteiger partial charge in [-0.3, -0.25) is 4.79 Å². The van der Waals surface area contributed by atoms with E-state index in [1.807, 2.05) is 5.48 Å². The van der Waals surface area contributed by atoms with Crippen LogP contribution in [0.25, 0.3) is 5.57 Å². The number of phenolic OH excluding ortho intramolecular Hbond substituents is 4. The van der Waals surface area contributed by atoms with E-state index in [-0.39, 0.29) is 23.5 Å². The minimum Gasteiger partial charge on any atom is -0.504 e. The van der Waals surface area contributed by atoms with Gasteiger partial charge in [0.1, 0.15) is 0 Å². The molecule has 0 aromatic heterocycles. The second-order valence-corrected chi connectivity index (χ2v) is 5.26. The lowest BCUT2D eigenvalue weighted by molar-refractivity contribution is -0.156. The Labute approximate surface area is 148 Å². The van der Waals surface area contributed by atoms with Crippen LogP contribution in [0.15, 0.2) is 42.5 Å². The topological polar surface area (TPSA) is 136 Å². The summed E-state index contributed by atoms with van der Waals surface area (Å²) in [5.41, 5.74) is 2.87. The molecule has 0 saturated heterocycles. The maximum Gasteiger partial charge on any atom is 0.331 e. The summed E-state index contributed by atoms with van der Waals surface area (Å²) in [6.45, 7) is 1.56. The van der Waals surface area contributed by atoms with Crippen LogP contribution in [0.3, 0.4) is 0 Å². The van der Waals surface area contributed by atoms with Crippen LogP contribution in [0.5, 0.6) is 23.0 Å². The van der Waals surface area contributed by atoms with Gasteiger partial charge in [0.2, 0.25) is 0 Å². The molecule has 0 radical (unpaired) electrons. The van der Waals surface area contributed by atoms with E-state index >= 15 is 0 Å². The average Bonchev–Trinajstić information content (AvgIpc) is 2.62. The first-order valence-electron chi connectivity index (χ1n) is 7.58. The van der Waals surface area contributed by atoms with Gasteiger partial charge in [0.05, 0.1) is 0 Å². The number of amides is 1. The molecule has 8 heteroatoms. The molecule has 0 saturated carbocycles. The van der Waals surface area contributed by atoms with Crippen molar-refractivity contribution in [1.82, 2.24) is 5.48 Å². The lowest BCUT2D eigenvalue weighted by Crippen LogP contribution is -2.25. The molecule has 136 valence electrons. The van der Waals surface area contributed by atoms with E-state index in [1.165, 1.54) is 36.4 Å². The maximum absolute atomic E-state index is 12.0. The first-order valence-corrected chi connectivity index (χ1v) is 7.58. The molecule has 2 aromatic carbocycles. The van der Waals surface area contributed by atoms with Crippen molar-refractivity contribution in [2.24, 2.45) is 0 Å². The van der Waals surface area contributed by atoms with Gasteiger partial charge >= 0.3 is 5.97 Å². The number of benzene rings is 2.